The van der Waals surface area contributed by atoms with Crippen molar-refractivity contribution in [3.05, 3.63) is 71.9 Å². The Morgan fingerprint density at radius 2 is 1.97 bits per heavy atom. The Kier molecular flexibility index (Phi) is 4.85. The van der Waals surface area contributed by atoms with Gasteiger partial charge in [-0.3, -0.25) is 4.40 Å². The fourth-order valence-electron chi connectivity index (χ4n) is 3.05. The van der Waals surface area contributed by atoms with Gasteiger partial charge in [0.25, 0.3) is 0 Å². The molecule has 0 saturated heterocycles. The lowest BCUT2D eigenvalue weighted by atomic mass is 10.1. The van der Waals surface area contributed by atoms with Gasteiger partial charge >= 0.3 is 0 Å². The number of fused-ring (bicyclic) bond motifs is 1. The van der Waals surface area contributed by atoms with Gasteiger partial charge in [-0.25, -0.2) is 9.97 Å². The summed E-state index contributed by atoms with van der Waals surface area (Å²) in [5.41, 5.74) is 3.50. The summed E-state index contributed by atoms with van der Waals surface area (Å²) in [6.07, 6.45) is 4.75. The van der Waals surface area contributed by atoms with Gasteiger partial charge in [-0.2, -0.15) is 0 Å². The lowest BCUT2D eigenvalue weighted by Gasteiger charge is -2.22. The van der Waals surface area contributed by atoms with Crippen molar-refractivity contribution in [2.24, 2.45) is 0 Å². The van der Waals surface area contributed by atoms with Gasteiger partial charge in [0.1, 0.15) is 22.9 Å². The Morgan fingerprint density at radius 1 is 1.10 bits per heavy atom. The third-order valence-electron chi connectivity index (χ3n) is 4.41. The van der Waals surface area contributed by atoms with Crippen LogP contribution in [0, 0.1) is 11.8 Å². The topological polar surface area (TPSA) is 55.4 Å². The SMILES string of the molecule is CCc1ccn2c(NC(C)(C)C)c(-c3ccc(C#Cc4ccccn4)o3)nc2c1. The van der Waals surface area contributed by atoms with Gasteiger partial charge in [0.15, 0.2) is 11.5 Å². The molecule has 4 rings (SSSR count). The van der Waals surface area contributed by atoms with Gasteiger partial charge in [0.2, 0.25) is 0 Å². The van der Waals surface area contributed by atoms with Crippen LogP contribution < -0.4 is 5.32 Å². The minimum atomic E-state index is -0.123. The number of aromatic nitrogens is 3. The molecule has 5 heteroatoms. The van der Waals surface area contributed by atoms with Crippen LogP contribution in [-0.4, -0.2) is 19.9 Å². The molecular formula is C24H24N4O. The van der Waals surface area contributed by atoms with E-state index in [4.69, 9.17) is 9.40 Å². The van der Waals surface area contributed by atoms with E-state index >= 15 is 0 Å². The van der Waals surface area contributed by atoms with Crippen molar-refractivity contribution >= 4 is 11.5 Å². The summed E-state index contributed by atoms with van der Waals surface area (Å²) in [4.78, 5) is 9.07. The molecule has 4 heterocycles. The number of hydrogen-bond donors (Lipinski definition) is 1. The maximum absolute atomic E-state index is 6.02. The number of nitrogens with one attached hydrogen (secondary N) is 1. The first-order valence-electron chi connectivity index (χ1n) is 9.75. The molecule has 0 amide bonds. The second-order valence-electron chi connectivity index (χ2n) is 7.93. The summed E-state index contributed by atoms with van der Waals surface area (Å²) >= 11 is 0. The molecule has 0 aliphatic rings. The second-order valence-corrected chi connectivity index (χ2v) is 7.93. The Bertz CT molecular complexity index is 1200. The molecule has 0 fully saturated rings. The molecule has 0 spiro atoms. The van der Waals surface area contributed by atoms with Crippen LogP contribution >= 0.6 is 0 Å². The van der Waals surface area contributed by atoms with Crippen LogP contribution in [0.25, 0.3) is 17.1 Å². The van der Waals surface area contributed by atoms with Crippen LogP contribution in [0.3, 0.4) is 0 Å². The van der Waals surface area contributed by atoms with Crippen LogP contribution in [0.4, 0.5) is 5.82 Å². The zero-order valence-corrected chi connectivity index (χ0v) is 17.2. The lowest BCUT2D eigenvalue weighted by Crippen LogP contribution is -2.27. The third kappa shape index (κ3) is 4.17. The first-order valence-corrected chi connectivity index (χ1v) is 9.75. The molecule has 4 aromatic heterocycles. The third-order valence-corrected chi connectivity index (χ3v) is 4.41. The molecule has 5 nitrogen and oxygen atoms in total. The van der Waals surface area contributed by atoms with E-state index in [9.17, 15) is 0 Å². The van der Waals surface area contributed by atoms with Crippen LogP contribution in [0.15, 0.2) is 59.3 Å². The molecule has 0 aliphatic heterocycles. The van der Waals surface area contributed by atoms with E-state index < -0.39 is 0 Å². The van der Waals surface area contributed by atoms with Crippen molar-refractivity contribution in [3.63, 3.8) is 0 Å². The number of rotatable bonds is 3. The molecule has 0 atom stereocenters. The van der Waals surface area contributed by atoms with E-state index in [1.165, 1.54) is 5.56 Å². The average Bonchev–Trinajstić information content (AvgIpc) is 3.30. The fourth-order valence-corrected chi connectivity index (χ4v) is 3.05. The Hall–Kier alpha value is -3.52. The minimum absolute atomic E-state index is 0.123. The van der Waals surface area contributed by atoms with E-state index in [2.05, 4.69) is 72.6 Å². The Balaban J connectivity index is 1.76. The predicted molar refractivity (Wildman–Crippen MR) is 116 cm³/mol. The van der Waals surface area contributed by atoms with E-state index in [0.29, 0.717) is 17.2 Å². The quantitative estimate of drug-likeness (QED) is 0.496. The molecule has 29 heavy (non-hydrogen) atoms. The van der Waals surface area contributed by atoms with Crippen molar-refractivity contribution in [1.29, 1.82) is 0 Å². The highest BCUT2D eigenvalue weighted by molar-refractivity contribution is 5.74. The van der Waals surface area contributed by atoms with Gasteiger partial charge in [-0.15, -0.1) is 0 Å². The largest absolute Gasteiger partial charge is 0.446 e. The maximum atomic E-state index is 6.02. The first kappa shape index (κ1) is 18.8. The van der Waals surface area contributed by atoms with Gasteiger partial charge in [0, 0.05) is 17.9 Å². The van der Waals surface area contributed by atoms with Gasteiger partial charge in [-0.1, -0.05) is 13.0 Å². The summed E-state index contributed by atoms with van der Waals surface area (Å²) < 4.78 is 8.09. The van der Waals surface area contributed by atoms with Gasteiger partial charge in [-0.05, 0) is 81.0 Å². The van der Waals surface area contributed by atoms with Gasteiger partial charge < -0.3 is 9.73 Å². The normalized spacial score (nSPS) is 11.3. The van der Waals surface area contributed by atoms with Crippen molar-refractivity contribution in [1.82, 2.24) is 14.4 Å². The zero-order valence-electron chi connectivity index (χ0n) is 17.2. The zero-order chi connectivity index (χ0) is 20.4. The molecule has 0 aliphatic carbocycles. The van der Waals surface area contributed by atoms with E-state index in [0.717, 1.165) is 23.6 Å². The molecule has 0 unspecified atom stereocenters. The number of aryl methyl sites for hydroxylation is 1. The van der Waals surface area contributed by atoms with Crippen molar-refractivity contribution < 1.29 is 4.42 Å². The molecule has 4 aromatic rings. The van der Waals surface area contributed by atoms with E-state index in [1.807, 2.05) is 30.3 Å². The number of nitrogens with zero attached hydrogens (tertiary/aromatic N) is 3. The van der Waals surface area contributed by atoms with Crippen LogP contribution in [0.1, 0.15) is 44.7 Å². The fraction of sp³-hybridized carbons (Fsp3) is 0.250. The Morgan fingerprint density at radius 3 is 2.69 bits per heavy atom. The van der Waals surface area contributed by atoms with Crippen molar-refractivity contribution in [3.8, 4) is 23.3 Å². The molecule has 0 saturated carbocycles. The number of imidazole rings is 1. The van der Waals surface area contributed by atoms with Gasteiger partial charge in [0.05, 0.1) is 0 Å². The highest BCUT2D eigenvalue weighted by Gasteiger charge is 2.21. The summed E-state index contributed by atoms with van der Waals surface area (Å²) in [5.74, 6) is 8.24. The molecular weight excluding hydrogens is 360 g/mol. The monoisotopic (exact) mass is 384 g/mol. The molecule has 0 bridgehead atoms. The summed E-state index contributed by atoms with van der Waals surface area (Å²) in [6, 6.07) is 13.7. The standard InChI is InChI=1S/C24H24N4O/c1-5-17-13-15-28-21(16-17)26-22(23(28)27-24(2,3)4)20-12-11-19(29-20)10-9-18-8-6-7-14-25-18/h6-8,11-16,27H,5H2,1-4H3. The number of hydrogen-bond acceptors (Lipinski definition) is 4. The second kappa shape index (κ2) is 7.48. The van der Waals surface area contributed by atoms with Crippen LogP contribution in [0.2, 0.25) is 0 Å². The number of furan rings is 1. The number of pyridine rings is 2. The van der Waals surface area contributed by atoms with Crippen LogP contribution in [-0.2, 0) is 6.42 Å². The highest BCUT2D eigenvalue weighted by Crippen LogP contribution is 2.32. The molecule has 1 N–H and O–H groups in total. The molecule has 0 aromatic carbocycles. The summed E-state index contributed by atoms with van der Waals surface area (Å²) in [6.45, 7) is 8.52. The number of anilines is 1. The summed E-state index contributed by atoms with van der Waals surface area (Å²) in [7, 11) is 0. The lowest BCUT2D eigenvalue weighted by molar-refractivity contribution is 0.566. The Labute approximate surface area is 170 Å². The van der Waals surface area contributed by atoms with E-state index in [1.54, 1.807) is 6.20 Å². The van der Waals surface area contributed by atoms with Crippen molar-refractivity contribution in [2.45, 2.75) is 39.7 Å². The summed E-state index contributed by atoms with van der Waals surface area (Å²) in [5, 5.41) is 3.57. The maximum Gasteiger partial charge on any atom is 0.178 e. The average molecular weight is 384 g/mol. The smallest absolute Gasteiger partial charge is 0.178 e. The minimum Gasteiger partial charge on any atom is -0.446 e. The molecule has 0 radical (unpaired) electrons. The van der Waals surface area contributed by atoms with Crippen LogP contribution in [0.5, 0.6) is 0 Å². The van der Waals surface area contributed by atoms with Crippen molar-refractivity contribution in [2.75, 3.05) is 5.32 Å². The van der Waals surface area contributed by atoms with E-state index in [-0.39, 0.29) is 5.54 Å². The molecule has 146 valence electrons. The highest BCUT2D eigenvalue weighted by atomic mass is 16.3. The first-order chi connectivity index (χ1) is 13.9. The predicted octanol–water partition coefficient (Wildman–Crippen LogP) is 5.16.